The van der Waals surface area contributed by atoms with Gasteiger partial charge < -0.3 is 10.1 Å². The second kappa shape index (κ2) is 7.88. The van der Waals surface area contributed by atoms with Crippen LogP contribution in [0.25, 0.3) is 11.3 Å². The second-order valence-electron chi connectivity index (χ2n) is 6.74. The van der Waals surface area contributed by atoms with Crippen LogP contribution in [0.15, 0.2) is 24.3 Å². The molecule has 1 saturated carbocycles. The minimum absolute atomic E-state index is 0.102. The van der Waals surface area contributed by atoms with Gasteiger partial charge in [-0.3, -0.25) is 4.79 Å². The van der Waals surface area contributed by atoms with Crippen LogP contribution in [0.3, 0.4) is 0 Å². The van der Waals surface area contributed by atoms with E-state index in [4.69, 9.17) is 4.74 Å². The Labute approximate surface area is 159 Å². The van der Waals surface area contributed by atoms with Crippen LogP contribution in [0.5, 0.6) is 5.75 Å². The number of benzene rings is 1. The fourth-order valence-corrected chi connectivity index (χ4v) is 4.24. The molecule has 0 aliphatic heterocycles. The number of nitrogens with zero attached hydrogens (tertiary/aromatic N) is 1. The fourth-order valence-electron chi connectivity index (χ4n) is 3.40. The van der Waals surface area contributed by atoms with E-state index in [1.807, 2.05) is 31.2 Å². The largest absolute Gasteiger partial charge is 0.497 e. The molecule has 2 atom stereocenters. The molecule has 1 fully saturated rings. The highest BCUT2D eigenvalue weighted by Gasteiger charge is 2.43. The topological polar surface area (TPSA) is 51.2 Å². The predicted octanol–water partition coefficient (Wildman–Crippen LogP) is 5.43. The number of aryl methyl sites for hydroxylation is 1. The summed E-state index contributed by atoms with van der Waals surface area (Å²) in [5.41, 5.74) is 1.63. The third-order valence-corrected chi connectivity index (χ3v) is 5.78. The molecule has 8 heteroatoms. The van der Waals surface area contributed by atoms with Crippen molar-refractivity contribution < 1.29 is 22.7 Å². The van der Waals surface area contributed by atoms with E-state index in [2.05, 4.69) is 10.3 Å². The summed E-state index contributed by atoms with van der Waals surface area (Å²) in [5, 5.41) is 3.13. The van der Waals surface area contributed by atoms with E-state index in [1.54, 1.807) is 7.11 Å². The second-order valence-corrected chi connectivity index (χ2v) is 7.95. The molecule has 0 saturated heterocycles. The number of hydrogen-bond acceptors (Lipinski definition) is 4. The molecule has 1 N–H and O–H groups in total. The van der Waals surface area contributed by atoms with Crippen molar-refractivity contribution in [3.05, 3.63) is 29.1 Å². The number of rotatable bonds is 4. The molecule has 1 aliphatic rings. The average molecular weight is 398 g/mol. The van der Waals surface area contributed by atoms with Gasteiger partial charge in [-0.05, 0) is 50.5 Å². The summed E-state index contributed by atoms with van der Waals surface area (Å²) in [4.78, 5) is 17.8. The van der Waals surface area contributed by atoms with Crippen molar-refractivity contribution in [2.75, 3.05) is 12.4 Å². The highest BCUT2D eigenvalue weighted by molar-refractivity contribution is 7.16. The third-order valence-electron chi connectivity index (χ3n) is 4.90. The zero-order valence-corrected chi connectivity index (χ0v) is 15.9. The van der Waals surface area contributed by atoms with Crippen LogP contribution in [-0.2, 0) is 4.79 Å². The summed E-state index contributed by atoms with van der Waals surface area (Å²) in [6.07, 6.45) is -3.39. The number of thiazole rings is 1. The molecular formula is C19H21F3N2O2S. The lowest BCUT2D eigenvalue weighted by molar-refractivity contribution is -0.185. The van der Waals surface area contributed by atoms with Crippen LogP contribution in [-0.4, -0.2) is 24.2 Å². The number of carbonyl (C=O) groups excluding carboxylic acids is 1. The first-order valence-electron chi connectivity index (χ1n) is 8.77. The Morgan fingerprint density at radius 3 is 2.59 bits per heavy atom. The van der Waals surface area contributed by atoms with Gasteiger partial charge in [0.25, 0.3) is 0 Å². The van der Waals surface area contributed by atoms with E-state index in [0.29, 0.717) is 18.0 Å². The van der Waals surface area contributed by atoms with Gasteiger partial charge in [0.2, 0.25) is 5.91 Å². The van der Waals surface area contributed by atoms with Gasteiger partial charge in [0.05, 0.1) is 18.7 Å². The minimum Gasteiger partial charge on any atom is -0.497 e. The molecule has 0 spiro atoms. The first kappa shape index (κ1) is 19.7. The van der Waals surface area contributed by atoms with Gasteiger partial charge in [0, 0.05) is 16.4 Å². The molecule has 1 aromatic carbocycles. The van der Waals surface area contributed by atoms with Crippen molar-refractivity contribution >= 4 is 22.4 Å². The van der Waals surface area contributed by atoms with Crippen LogP contribution in [0, 0.1) is 18.8 Å². The number of ether oxygens (including phenoxy) is 1. The highest BCUT2D eigenvalue weighted by atomic mass is 32.1. The number of alkyl halides is 3. The van der Waals surface area contributed by atoms with Gasteiger partial charge in [0.15, 0.2) is 5.13 Å². The first-order valence-corrected chi connectivity index (χ1v) is 9.59. The number of nitrogens with one attached hydrogen (secondary N) is 1. The molecule has 0 bridgehead atoms. The first-order chi connectivity index (χ1) is 12.8. The number of halogens is 3. The highest BCUT2D eigenvalue weighted by Crippen LogP contribution is 2.40. The van der Waals surface area contributed by atoms with Gasteiger partial charge in [0.1, 0.15) is 5.75 Å². The molecule has 0 radical (unpaired) electrons. The maximum absolute atomic E-state index is 13.0. The third kappa shape index (κ3) is 4.61. The monoisotopic (exact) mass is 398 g/mol. The number of methoxy groups -OCH3 is 1. The van der Waals surface area contributed by atoms with Crippen LogP contribution in [0.1, 0.15) is 30.6 Å². The molecule has 3 rings (SSSR count). The summed E-state index contributed by atoms with van der Waals surface area (Å²) >= 11 is 1.32. The van der Waals surface area contributed by atoms with Gasteiger partial charge in [-0.25, -0.2) is 4.98 Å². The Morgan fingerprint density at radius 2 is 1.96 bits per heavy atom. The van der Waals surface area contributed by atoms with E-state index in [1.165, 1.54) is 11.3 Å². The lowest BCUT2D eigenvalue weighted by Crippen LogP contribution is -2.34. The number of carbonyl (C=O) groups is 1. The molecule has 4 nitrogen and oxygen atoms in total. The lowest BCUT2D eigenvalue weighted by Gasteiger charge is -2.29. The van der Waals surface area contributed by atoms with E-state index >= 15 is 0 Å². The number of aromatic nitrogens is 1. The van der Waals surface area contributed by atoms with Crippen molar-refractivity contribution in [3.63, 3.8) is 0 Å². The molecule has 1 aromatic heterocycles. The van der Waals surface area contributed by atoms with Gasteiger partial charge in [-0.15, -0.1) is 11.3 Å². The molecular weight excluding hydrogens is 377 g/mol. The van der Waals surface area contributed by atoms with Gasteiger partial charge in [-0.2, -0.15) is 13.2 Å². The zero-order chi connectivity index (χ0) is 19.6. The average Bonchev–Trinajstić information content (AvgIpc) is 3.01. The van der Waals surface area contributed by atoms with E-state index in [-0.39, 0.29) is 18.7 Å². The van der Waals surface area contributed by atoms with Crippen molar-refractivity contribution in [1.29, 1.82) is 0 Å². The standard InChI is InChI=1S/C19H21F3N2O2S/c1-11-16(12-6-8-15(26-2)9-7-12)23-18(27-11)24-17(25)13-4-3-5-14(10-13)19(20,21)22/h6-9,13-14H,3-5,10H2,1-2H3,(H,23,24,25). The smallest absolute Gasteiger partial charge is 0.391 e. The summed E-state index contributed by atoms with van der Waals surface area (Å²) in [7, 11) is 1.59. The van der Waals surface area contributed by atoms with Crippen molar-refractivity contribution in [3.8, 4) is 17.0 Å². The van der Waals surface area contributed by atoms with Crippen LogP contribution >= 0.6 is 11.3 Å². The number of anilines is 1. The maximum atomic E-state index is 13.0. The molecule has 27 heavy (non-hydrogen) atoms. The molecule has 146 valence electrons. The molecule has 1 heterocycles. The van der Waals surface area contributed by atoms with Crippen LogP contribution in [0.2, 0.25) is 0 Å². The Balaban J connectivity index is 1.69. The van der Waals surface area contributed by atoms with Crippen molar-refractivity contribution in [2.45, 2.75) is 38.8 Å². The summed E-state index contributed by atoms with van der Waals surface area (Å²) in [6, 6.07) is 7.40. The van der Waals surface area contributed by atoms with Crippen LogP contribution in [0.4, 0.5) is 18.3 Å². The Bertz CT molecular complexity index is 802. The molecule has 1 amide bonds. The zero-order valence-electron chi connectivity index (χ0n) is 15.1. The number of hydrogen-bond donors (Lipinski definition) is 1. The molecule has 2 aromatic rings. The Hall–Kier alpha value is -2.09. The van der Waals surface area contributed by atoms with E-state index in [9.17, 15) is 18.0 Å². The molecule has 2 unspecified atom stereocenters. The quantitative estimate of drug-likeness (QED) is 0.747. The summed E-state index contributed by atoms with van der Waals surface area (Å²) in [5.74, 6) is -1.66. The Morgan fingerprint density at radius 1 is 1.26 bits per heavy atom. The van der Waals surface area contributed by atoms with Crippen molar-refractivity contribution in [1.82, 2.24) is 4.98 Å². The normalized spacial score (nSPS) is 20.3. The maximum Gasteiger partial charge on any atom is 0.391 e. The SMILES string of the molecule is COc1ccc(-c2nc(NC(=O)C3CCCC(C(F)(F)F)C3)sc2C)cc1. The molecule has 1 aliphatic carbocycles. The van der Waals surface area contributed by atoms with Gasteiger partial charge in [-0.1, -0.05) is 6.42 Å². The lowest BCUT2D eigenvalue weighted by atomic mass is 9.80. The van der Waals surface area contributed by atoms with E-state index < -0.39 is 18.0 Å². The van der Waals surface area contributed by atoms with Crippen LogP contribution < -0.4 is 10.1 Å². The predicted molar refractivity (Wildman–Crippen MR) is 99.0 cm³/mol. The van der Waals surface area contributed by atoms with E-state index in [0.717, 1.165) is 21.9 Å². The fraction of sp³-hybridized carbons (Fsp3) is 0.474. The van der Waals surface area contributed by atoms with Gasteiger partial charge >= 0.3 is 6.18 Å². The Kier molecular flexibility index (Phi) is 5.74. The summed E-state index contributed by atoms with van der Waals surface area (Å²) in [6.45, 7) is 1.90. The summed E-state index contributed by atoms with van der Waals surface area (Å²) < 4.78 is 44.0. The number of amides is 1. The van der Waals surface area contributed by atoms with Crippen molar-refractivity contribution in [2.24, 2.45) is 11.8 Å². The minimum atomic E-state index is -4.24.